The molecule has 0 spiro atoms. The Labute approximate surface area is 152 Å². The predicted molar refractivity (Wildman–Crippen MR) is 94.0 cm³/mol. The lowest BCUT2D eigenvalue weighted by molar-refractivity contribution is -0.385. The van der Waals surface area contributed by atoms with Gasteiger partial charge in [-0.15, -0.1) is 12.4 Å². The van der Waals surface area contributed by atoms with E-state index in [-0.39, 0.29) is 42.0 Å². The SMILES string of the molecule is Cl.NCCCC(=O)N1CCN(S(=O)(=O)c2cccc([N+](=O)[O-])c2)CC1. The van der Waals surface area contributed by atoms with Crippen LogP contribution in [0.2, 0.25) is 0 Å². The molecule has 0 radical (unpaired) electrons. The summed E-state index contributed by atoms with van der Waals surface area (Å²) in [5.41, 5.74) is 5.11. The number of hydrogen-bond acceptors (Lipinski definition) is 6. The number of piperazine rings is 1. The molecule has 140 valence electrons. The standard InChI is InChI=1S/C14H20N4O5S.ClH/c15-6-2-5-14(19)16-7-9-17(10-8-16)24(22,23)13-4-1-3-12(11-13)18(20)21;/h1,3-4,11H,2,5-10,15H2;1H. The molecule has 0 aromatic heterocycles. The van der Waals surface area contributed by atoms with Crippen LogP contribution >= 0.6 is 12.4 Å². The highest BCUT2D eigenvalue weighted by Crippen LogP contribution is 2.22. The van der Waals surface area contributed by atoms with Crippen LogP contribution in [0.5, 0.6) is 0 Å². The number of nitrogens with two attached hydrogens (primary N) is 1. The second kappa shape index (κ2) is 9.09. The van der Waals surface area contributed by atoms with Gasteiger partial charge in [-0.25, -0.2) is 8.42 Å². The third-order valence-electron chi connectivity index (χ3n) is 3.85. The minimum atomic E-state index is -3.81. The Kier molecular flexibility index (Phi) is 7.74. The average Bonchev–Trinajstić information content (AvgIpc) is 2.59. The summed E-state index contributed by atoms with van der Waals surface area (Å²) in [7, 11) is -3.81. The molecule has 0 unspecified atom stereocenters. The number of rotatable bonds is 6. The fourth-order valence-electron chi connectivity index (χ4n) is 2.50. The molecule has 0 atom stereocenters. The highest BCUT2D eigenvalue weighted by Gasteiger charge is 2.30. The predicted octanol–water partition coefficient (Wildman–Crippen LogP) is 0.588. The number of nitro benzene ring substituents is 1. The molecular formula is C14H21ClN4O5S. The number of halogens is 1. The summed E-state index contributed by atoms with van der Waals surface area (Å²) in [6, 6.07) is 4.97. The van der Waals surface area contributed by atoms with Crippen molar-refractivity contribution < 1.29 is 18.1 Å². The van der Waals surface area contributed by atoms with Crippen LogP contribution in [-0.4, -0.2) is 61.2 Å². The van der Waals surface area contributed by atoms with E-state index in [0.29, 0.717) is 32.5 Å². The van der Waals surface area contributed by atoms with E-state index in [1.54, 1.807) is 4.90 Å². The first-order chi connectivity index (χ1) is 11.4. The first kappa shape index (κ1) is 21.3. The van der Waals surface area contributed by atoms with E-state index >= 15 is 0 Å². The molecule has 11 heteroatoms. The second-order valence-corrected chi connectivity index (χ2v) is 7.37. The van der Waals surface area contributed by atoms with Crippen LogP contribution in [0.15, 0.2) is 29.2 Å². The van der Waals surface area contributed by atoms with Gasteiger partial charge in [0.05, 0.1) is 9.82 Å². The zero-order valence-corrected chi connectivity index (χ0v) is 15.2. The van der Waals surface area contributed by atoms with Crippen LogP contribution in [0.4, 0.5) is 5.69 Å². The zero-order chi connectivity index (χ0) is 17.7. The third kappa shape index (κ3) is 5.11. The summed E-state index contributed by atoms with van der Waals surface area (Å²) in [6.45, 7) is 1.38. The summed E-state index contributed by atoms with van der Waals surface area (Å²) < 4.78 is 26.4. The first-order valence-corrected chi connectivity index (χ1v) is 9.02. The molecule has 1 fully saturated rings. The Morgan fingerprint density at radius 2 is 1.88 bits per heavy atom. The molecule has 2 rings (SSSR count). The van der Waals surface area contributed by atoms with Crippen LogP contribution in [0.25, 0.3) is 0 Å². The summed E-state index contributed by atoms with van der Waals surface area (Å²) in [6.07, 6.45) is 0.957. The van der Waals surface area contributed by atoms with Gasteiger partial charge in [-0.2, -0.15) is 4.31 Å². The normalized spacial score (nSPS) is 15.5. The summed E-state index contributed by atoms with van der Waals surface area (Å²) >= 11 is 0. The largest absolute Gasteiger partial charge is 0.340 e. The molecule has 0 bridgehead atoms. The molecule has 0 saturated carbocycles. The topological polar surface area (TPSA) is 127 Å². The van der Waals surface area contributed by atoms with Gasteiger partial charge in [-0.1, -0.05) is 6.07 Å². The summed E-state index contributed by atoms with van der Waals surface area (Å²) in [4.78, 5) is 23.6. The highest BCUT2D eigenvalue weighted by molar-refractivity contribution is 7.89. The van der Waals surface area contributed by atoms with E-state index in [0.717, 1.165) is 6.07 Å². The molecule has 9 nitrogen and oxygen atoms in total. The zero-order valence-electron chi connectivity index (χ0n) is 13.5. The van der Waals surface area contributed by atoms with Gasteiger partial charge in [0.15, 0.2) is 0 Å². The number of hydrogen-bond donors (Lipinski definition) is 1. The molecule has 1 amide bonds. The van der Waals surface area contributed by atoms with Crippen molar-refractivity contribution >= 4 is 34.0 Å². The van der Waals surface area contributed by atoms with Crippen LogP contribution in [-0.2, 0) is 14.8 Å². The number of sulfonamides is 1. The molecule has 0 aliphatic carbocycles. The maximum atomic E-state index is 12.6. The minimum absolute atomic E-state index is 0. The monoisotopic (exact) mass is 392 g/mol. The molecular weight excluding hydrogens is 372 g/mol. The van der Waals surface area contributed by atoms with Gasteiger partial charge in [0.25, 0.3) is 5.69 Å². The van der Waals surface area contributed by atoms with Crippen molar-refractivity contribution in [1.29, 1.82) is 0 Å². The molecule has 2 N–H and O–H groups in total. The minimum Gasteiger partial charge on any atom is -0.340 e. The molecule has 25 heavy (non-hydrogen) atoms. The number of nitrogens with zero attached hydrogens (tertiary/aromatic N) is 3. The average molecular weight is 393 g/mol. The third-order valence-corrected chi connectivity index (χ3v) is 5.75. The maximum absolute atomic E-state index is 12.6. The van der Waals surface area contributed by atoms with Crippen molar-refractivity contribution in [2.75, 3.05) is 32.7 Å². The van der Waals surface area contributed by atoms with E-state index < -0.39 is 14.9 Å². The van der Waals surface area contributed by atoms with E-state index in [1.165, 1.54) is 22.5 Å². The Morgan fingerprint density at radius 3 is 2.44 bits per heavy atom. The number of benzene rings is 1. The fourth-order valence-corrected chi connectivity index (χ4v) is 3.96. The fraction of sp³-hybridized carbons (Fsp3) is 0.500. The van der Waals surface area contributed by atoms with Crippen LogP contribution < -0.4 is 5.73 Å². The number of carbonyl (C=O) groups is 1. The molecule has 1 saturated heterocycles. The molecule has 1 aromatic carbocycles. The van der Waals surface area contributed by atoms with Crippen LogP contribution in [0.1, 0.15) is 12.8 Å². The van der Waals surface area contributed by atoms with Gasteiger partial charge in [0.2, 0.25) is 15.9 Å². The van der Waals surface area contributed by atoms with Crippen molar-refractivity contribution in [2.45, 2.75) is 17.7 Å². The molecule has 1 aromatic rings. The van der Waals surface area contributed by atoms with Crippen molar-refractivity contribution in [1.82, 2.24) is 9.21 Å². The lowest BCUT2D eigenvalue weighted by Gasteiger charge is -2.34. The van der Waals surface area contributed by atoms with E-state index in [9.17, 15) is 23.3 Å². The first-order valence-electron chi connectivity index (χ1n) is 7.58. The molecule has 1 aliphatic heterocycles. The van der Waals surface area contributed by atoms with E-state index in [1.807, 2.05) is 0 Å². The smallest absolute Gasteiger partial charge is 0.270 e. The Balaban J connectivity index is 0.00000312. The van der Waals surface area contributed by atoms with Gasteiger partial charge in [0.1, 0.15) is 0 Å². The second-order valence-electron chi connectivity index (χ2n) is 5.43. The van der Waals surface area contributed by atoms with E-state index in [4.69, 9.17) is 5.73 Å². The van der Waals surface area contributed by atoms with Gasteiger partial charge >= 0.3 is 0 Å². The lowest BCUT2D eigenvalue weighted by atomic mass is 10.2. The Hall–Kier alpha value is -1.75. The van der Waals surface area contributed by atoms with Gasteiger partial charge < -0.3 is 10.6 Å². The maximum Gasteiger partial charge on any atom is 0.270 e. The molecule has 1 aliphatic rings. The van der Waals surface area contributed by atoms with Gasteiger partial charge in [-0.3, -0.25) is 14.9 Å². The van der Waals surface area contributed by atoms with Crippen molar-refractivity contribution in [3.63, 3.8) is 0 Å². The number of carbonyl (C=O) groups excluding carboxylic acids is 1. The lowest BCUT2D eigenvalue weighted by Crippen LogP contribution is -2.50. The van der Waals surface area contributed by atoms with Crippen LogP contribution in [0.3, 0.4) is 0 Å². The van der Waals surface area contributed by atoms with Crippen molar-refractivity contribution in [3.05, 3.63) is 34.4 Å². The van der Waals surface area contributed by atoms with Crippen LogP contribution in [0, 0.1) is 10.1 Å². The number of amides is 1. The number of nitro groups is 1. The Morgan fingerprint density at radius 1 is 1.24 bits per heavy atom. The summed E-state index contributed by atoms with van der Waals surface area (Å²) in [5.74, 6) is -0.0344. The summed E-state index contributed by atoms with van der Waals surface area (Å²) in [5, 5.41) is 10.8. The highest BCUT2D eigenvalue weighted by atomic mass is 35.5. The van der Waals surface area contributed by atoms with Crippen molar-refractivity contribution in [3.8, 4) is 0 Å². The molecule has 1 heterocycles. The van der Waals surface area contributed by atoms with Gasteiger partial charge in [0, 0.05) is 44.7 Å². The number of non-ortho nitro benzene ring substituents is 1. The van der Waals surface area contributed by atoms with Crippen molar-refractivity contribution in [2.24, 2.45) is 5.73 Å². The quantitative estimate of drug-likeness (QED) is 0.557. The van der Waals surface area contributed by atoms with E-state index in [2.05, 4.69) is 0 Å². The Bertz CT molecular complexity index is 720. The van der Waals surface area contributed by atoms with Gasteiger partial charge in [-0.05, 0) is 19.0 Å².